The number of benzene rings is 1. The minimum absolute atomic E-state index is 0.00602. The van der Waals surface area contributed by atoms with Crippen molar-refractivity contribution in [2.75, 3.05) is 18.5 Å². The predicted octanol–water partition coefficient (Wildman–Crippen LogP) is 3.47. The van der Waals surface area contributed by atoms with Crippen molar-refractivity contribution in [2.24, 2.45) is 0 Å². The Hall–Kier alpha value is -1.54. The van der Waals surface area contributed by atoms with Crippen LogP contribution >= 0.6 is 21.6 Å². The second-order valence-corrected chi connectivity index (χ2v) is 9.37. The van der Waals surface area contributed by atoms with Crippen molar-refractivity contribution in [1.29, 1.82) is 0 Å². The Morgan fingerprint density at radius 1 is 1.33 bits per heavy atom. The fourth-order valence-corrected chi connectivity index (χ4v) is 4.23. The number of likely N-dealkylation sites (N-methyl/N-ethyl adjacent to an activating group) is 1. The smallest absolute Gasteiger partial charge is 0.410 e. The minimum atomic E-state index is -1.06. The molecule has 0 spiro atoms. The summed E-state index contributed by atoms with van der Waals surface area (Å²) < 4.78 is 5.19. The second kappa shape index (κ2) is 9.08. The normalized spacial score (nSPS) is 12.5. The number of amides is 1. The van der Waals surface area contributed by atoms with Crippen LogP contribution in [0.1, 0.15) is 26.3 Å². The summed E-state index contributed by atoms with van der Waals surface area (Å²) in [5.41, 5.74) is 7.00. The van der Waals surface area contributed by atoms with Crippen LogP contribution < -0.4 is 5.73 Å². The maximum absolute atomic E-state index is 12.1. The van der Waals surface area contributed by atoms with E-state index in [9.17, 15) is 14.7 Å². The first-order valence-corrected chi connectivity index (χ1v) is 9.70. The zero-order valence-electron chi connectivity index (χ0n) is 14.3. The van der Waals surface area contributed by atoms with Gasteiger partial charge in [0.1, 0.15) is 12.6 Å². The first-order valence-electron chi connectivity index (χ1n) is 7.38. The number of carbonyl (C=O) groups excluding carboxylic acids is 1. The minimum Gasteiger partial charge on any atom is -0.480 e. The highest BCUT2D eigenvalue weighted by atomic mass is 33.1. The largest absolute Gasteiger partial charge is 0.480 e. The monoisotopic (exact) mass is 372 g/mol. The van der Waals surface area contributed by atoms with Crippen molar-refractivity contribution in [3.63, 3.8) is 0 Å². The number of carbonyl (C=O) groups is 2. The van der Waals surface area contributed by atoms with Gasteiger partial charge in [-0.05, 0) is 6.07 Å². The van der Waals surface area contributed by atoms with Crippen LogP contribution in [0.3, 0.4) is 0 Å². The maximum Gasteiger partial charge on any atom is 0.410 e. The van der Waals surface area contributed by atoms with E-state index in [0.717, 1.165) is 4.90 Å². The summed E-state index contributed by atoms with van der Waals surface area (Å²) in [5, 5.41) is 9.36. The van der Waals surface area contributed by atoms with Crippen molar-refractivity contribution in [2.45, 2.75) is 38.2 Å². The molecular weight excluding hydrogens is 348 g/mol. The van der Waals surface area contributed by atoms with Gasteiger partial charge < -0.3 is 15.6 Å². The number of carboxylic acid groups (broad SMARTS) is 1. The topological polar surface area (TPSA) is 92.9 Å². The third-order valence-electron chi connectivity index (χ3n) is 2.98. The van der Waals surface area contributed by atoms with Crippen molar-refractivity contribution in [3.05, 3.63) is 29.8 Å². The highest BCUT2D eigenvalue weighted by Crippen LogP contribution is 2.35. The lowest BCUT2D eigenvalue weighted by Gasteiger charge is -2.25. The summed E-state index contributed by atoms with van der Waals surface area (Å²) in [4.78, 5) is 24.7. The van der Waals surface area contributed by atoms with Gasteiger partial charge in [0.2, 0.25) is 0 Å². The molecule has 0 aliphatic carbocycles. The molecule has 0 bridgehead atoms. The van der Waals surface area contributed by atoms with Crippen LogP contribution in [0.15, 0.2) is 24.3 Å². The average molecular weight is 373 g/mol. The number of anilines is 1. The van der Waals surface area contributed by atoms with Gasteiger partial charge in [-0.25, -0.2) is 9.59 Å². The van der Waals surface area contributed by atoms with E-state index in [0.29, 0.717) is 11.3 Å². The molecule has 0 heterocycles. The number of aliphatic carboxylic acids is 1. The number of hydrogen-bond donors (Lipinski definition) is 2. The Kier molecular flexibility index (Phi) is 7.75. The molecule has 0 aliphatic rings. The van der Waals surface area contributed by atoms with E-state index < -0.39 is 18.1 Å². The number of nitrogens with zero attached hydrogens (tertiary/aromatic N) is 1. The van der Waals surface area contributed by atoms with Gasteiger partial charge in [0.15, 0.2) is 0 Å². The van der Waals surface area contributed by atoms with E-state index in [-0.39, 0.29) is 17.1 Å². The van der Waals surface area contributed by atoms with E-state index in [1.54, 1.807) is 35.1 Å². The Labute approximate surface area is 150 Å². The third-order valence-corrected chi connectivity index (χ3v) is 6.31. The van der Waals surface area contributed by atoms with Gasteiger partial charge in [0, 0.05) is 28.8 Å². The van der Waals surface area contributed by atoms with Gasteiger partial charge in [0.25, 0.3) is 0 Å². The lowest BCUT2D eigenvalue weighted by molar-refractivity contribution is -0.141. The fourth-order valence-electron chi connectivity index (χ4n) is 1.66. The highest BCUT2D eigenvalue weighted by molar-refractivity contribution is 8.77. The van der Waals surface area contributed by atoms with Crippen LogP contribution in [0, 0.1) is 0 Å². The van der Waals surface area contributed by atoms with E-state index >= 15 is 0 Å². The molecule has 0 saturated heterocycles. The molecule has 1 unspecified atom stereocenters. The number of carboxylic acids is 1. The first-order chi connectivity index (χ1) is 11.1. The number of ether oxygens (including phenoxy) is 1. The summed E-state index contributed by atoms with van der Waals surface area (Å²) in [5.74, 6) is -0.785. The Morgan fingerprint density at radius 3 is 2.50 bits per heavy atom. The fraction of sp³-hybridized carbons (Fsp3) is 0.500. The number of nitrogens with two attached hydrogens (primary N) is 1. The van der Waals surface area contributed by atoms with E-state index in [4.69, 9.17) is 10.5 Å². The van der Waals surface area contributed by atoms with Crippen LogP contribution in [0.2, 0.25) is 0 Å². The van der Waals surface area contributed by atoms with Gasteiger partial charge in [-0.15, -0.1) is 0 Å². The van der Waals surface area contributed by atoms with E-state index in [2.05, 4.69) is 0 Å². The average Bonchev–Trinajstić information content (AvgIpc) is 2.48. The van der Waals surface area contributed by atoms with E-state index in [1.165, 1.54) is 17.8 Å². The van der Waals surface area contributed by atoms with Crippen LogP contribution in [0.5, 0.6) is 0 Å². The summed E-state index contributed by atoms with van der Waals surface area (Å²) in [7, 11) is 4.43. The Morgan fingerprint density at radius 2 is 1.96 bits per heavy atom. The number of rotatable bonds is 7. The molecule has 1 aromatic rings. The summed E-state index contributed by atoms with van der Waals surface area (Å²) in [6.45, 7) is 6.14. The molecule has 134 valence electrons. The van der Waals surface area contributed by atoms with Crippen molar-refractivity contribution >= 4 is 39.3 Å². The highest BCUT2D eigenvalue weighted by Gasteiger charge is 2.28. The Balaban J connectivity index is 2.59. The van der Waals surface area contributed by atoms with Crippen molar-refractivity contribution in [1.82, 2.24) is 4.90 Å². The molecule has 0 radical (unpaired) electrons. The van der Waals surface area contributed by atoms with Gasteiger partial charge in [-0.3, -0.25) is 4.90 Å². The standard InChI is InChI=1S/C16H24N2O4S2/c1-16(2,3)24-23-10-13(14(19)20)18(4)15(21)22-9-11-7-5-6-8-12(11)17/h5-8,13H,9-10,17H2,1-4H3,(H,19,20). The predicted molar refractivity (Wildman–Crippen MR) is 100 cm³/mol. The molecule has 1 amide bonds. The summed E-state index contributed by atoms with van der Waals surface area (Å²) in [6, 6.07) is 6.10. The molecule has 0 fully saturated rings. The lowest BCUT2D eigenvalue weighted by atomic mass is 10.2. The molecule has 0 saturated carbocycles. The third kappa shape index (κ3) is 6.92. The van der Waals surface area contributed by atoms with Crippen LogP contribution in [-0.4, -0.2) is 45.7 Å². The molecule has 1 rings (SSSR count). The maximum atomic E-state index is 12.1. The van der Waals surface area contributed by atoms with Gasteiger partial charge in [0.05, 0.1) is 0 Å². The second-order valence-electron chi connectivity index (χ2n) is 6.20. The lowest BCUT2D eigenvalue weighted by Crippen LogP contribution is -2.44. The number of nitrogen functional groups attached to an aromatic ring is 1. The molecule has 6 nitrogen and oxygen atoms in total. The molecule has 8 heteroatoms. The van der Waals surface area contributed by atoms with Crippen LogP contribution in [-0.2, 0) is 16.1 Å². The summed E-state index contributed by atoms with van der Waals surface area (Å²) >= 11 is 0. The number of para-hydroxylation sites is 1. The molecular formula is C16H24N2O4S2. The van der Waals surface area contributed by atoms with Crippen LogP contribution in [0.25, 0.3) is 0 Å². The Bertz CT molecular complexity index is 575. The van der Waals surface area contributed by atoms with Crippen molar-refractivity contribution in [3.8, 4) is 0 Å². The molecule has 0 aliphatic heterocycles. The zero-order chi connectivity index (χ0) is 18.3. The molecule has 24 heavy (non-hydrogen) atoms. The molecule has 1 aromatic carbocycles. The molecule has 3 N–H and O–H groups in total. The number of hydrogen-bond acceptors (Lipinski definition) is 6. The molecule has 0 aromatic heterocycles. The quantitative estimate of drug-likeness (QED) is 0.559. The SMILES string of the molecule is CN(C(=O)OCc1ccccc1N)C(CSSC(C)(C)C)C(=O)O. The zero-order valence-corrected chi connectivity index (χ0v) is 15.9. The van der Waals surface area contributed by atoms with Crippen molar-refractivity contribution < 1.29 is 19.4 Å². The van der Waals surface area contributed by atoms with Gasteiger partial charge in [-0.2, -0.15) is 0 Å². The van der Waals surface area contributed by atoms with Crippen LogP contribution in [0.4, 0.5) is 10.5 Å². The van der Waals surface area contributed by atoms with Gasteiger partial charge in [-0.1, -0.05) is 60.6 Å². The summed E-state index contributed by atoms with van der Waals surface area (Å²) in [6.07, 6.45) is -0.688. The first kappa shape index (κ1) is 20.5. The molecule has 1 atom stereocenters. The van der Waals surface area contributed by atoms with E-state index in [1.807, 2.05) is 20.8 Å². The van der Waals surface area contributed by atoms with Gasteiger partial charge >= 0.3 is 12.1 Å².